The highest BCUT2D eigenvalue weighted by atomic mass is 16.7. The minimum Gasteiger partial charge on any atom is -0.426 e. The first-order valence-corrected chi connectivity index (χ1v) is 18.6. The van der Waals surface area contributed by atoms with Gasteiger partial charge in [-0.3, -0.25) is 9.59 Å². The molecular weight excluding hydrogens is 679 g/mol. The summed E-state index contributed by atoms with van der Waals surface area (Å²) >= 11 is 0. The second-order valence-electron chi connectivity index (χ2n) is 16.2. The Morgan fingerprint density at radius 3 is 1.48 bits per heavy atom. The standard InChI is InChI=1S/C46H57NO7/c1-27(2)25-28(3)23-24-45(9,10)38-30(5)40(51-32(7)48)34-19-15-17-21-36(34)42(38)53-44(50)54-43-37-22-18-16-20-35(37)41(52-33(8)49)31(6)39(43)46(11,12)26-29(4)47(13)14/h15-23,26-27H,24-25H2,1-14H3/b28-23+,29-26+. The topological polar surface area (TPSA) is 91.4 Å². The van der Waals surface area contributed by atoms with Crippen LogP contribution in [0.3, 0.4) is 0 Å². The molecule has 8 heteroatoms. The van der Waals surface area contributed by atoms with Crippen LogP contribution >= 0.6 is 0 Å². The predicted octanol–water partition coefficient (Wildman–Crippen LogP) is 11.4. The first kappa shape index (κ1) is 41.6. The third-order valence-electron chi connectivity index (χ3n) is 9.87. The van der Waals surface area contributed by atoms with Crippen molar-refractivity contribution in [3.63, 3.8) is 0 Å². The molecule has 0 heterocycles. The Morgan fingerprint density at radius 1 is 0.667 bits per heavy atom. The molecule has 0 aliphatic heterocycles. The van der Waals surface area contributed by atoms with Crippen LogP contribution in [0.5, 0.6) is 23.0 Å². The van der Waals surface area contributed by atoms with E-state index in [0.29, 0.717) is 73.6 Å². The van der Waals surface area contributed by atoms with Gasteiger partial charge in [-0.15, -0.1) is 0 Å². The van der Waals surface area contributed by atoms with Crippen molar-refractivity contribution in [2.24, 2.45) is 5.92 Å². The molecule has 4 rings (SSSR count). The fraction of sp³-hybridized carbons (Fsp3) is 0.413. The number of rotatable bonds is 12. The number of hydrogen-bond acceptors (Lipinski definition) is 8. The molecule has 0 spiro atoms. The Hall–Kier alpha value is -5.11. The number of hydrogen-bond donors (Lipinski definition) is 0. The molecule has 0 N–H and O–H groups in total. The number of esters is 2. The van der Waals surface area contributed by atoms with E-state index in [4.69, 9.17) is 18.9 Å². The molecule has 4 aromatic carbocycles. The van der Waals surface area contributed by atoms with Crippen molar-refractivity contribution in [3.05, 3.63) is 94.2 Å². The summed E-state index contributed by atoms with van der Waals surface area (Å²) < 4.78 is 24.5. The van der Waals surface area contributed by atoms with E-state index >= 15 is 0 Å². The summed E-state index contributed by atoms with van der Waals surface area (Å²) in [5.74, 6) is 1.10. The molecule has 54 heavy (non-hydrogen) atoms. The molecule has 0 bridgehead atoms. The summed E-state index contributed by atoms with van der Waals surface area (Å²) in [6, 6.07) is 14.8. The first-order valence-electron chi connectivity index (χ1n) is 18.6. The van der Waals surface area contributed by atoms with Gasteiger partial charge in [0.25, 0.3) is 0 Å². The molecule has 4 aromatic rings. The molecule has 0 aliphatic rings. The Bertz CT molecular complexity index is 2150. The highest BCUT2D eigenvalue weighted by Crippen LogP contribution is 2.49. The van der Waals surface area contributed by atoms with Gasteiger partial charge >= 0.3 is 18.1 Å². The smallest absolute Gasteiger partial charge is 0.426 e. The van der Waals surface area contributed by atoms with E-state index < -0.39 is 28.9 Å². The van der Waals surface area contributed by atoms with E-state index in [-0.39, 0.29) is 0 Å². The quantitative estimate of drug-likeness (QED) is 0.0614. The first-order chi connectivity index (χ1) is 25.2. The van der Waals surface area contributed by atoms with Gasteiger partial charge in [0.05, 0.1) is 0 Å². The lowest BCUT2D eigenvalue weighted by molar-refractivity contribution is -0.132. The van der Waals surface area contributed by atoms with Crippen LogP contribution in [0.1, 0.15) is 104 Å². The lowest BCUT2D eigenvalue weighted by Crippen LogP contribution is -2.25. The maximum absolute atomic E-state index is 14.4. The average Bonchev–Trinajstić information content (AvgIpc) is 3.06. The van der Waals surface area contributed by atoms with Crippen LogP contribution in [0.25, 0.3) is 21.5 Å². The molecule has 0 fully saturated rings. The Balaban J connectivity index is 1.99. The molecule has 0 atom stereocenters. The van der Waals surface area contributed by atoms with Crippen molar-refractivity contribution >= 4 is 39.6 Å². The maximum atomic E-state index is 14.4. The SMILES string of the molecule is CC(=O)Oc1c(C)c(C(C)(C)/C=C(\C)N(C)C)c(OC(=O)Oc2c(C(C)(C)C/C=C(\C)CC(C)C)c(C)c(OC(C)=O)c3ccccc23)c2ccccc12. The monoisotopic (exact) mass is 735 g/mol. The molecule has 0 saturated heterocycles. The number of allylic oxidation sites excluding steroid dienone is 4. The second kappa shape index (κ2) is 16.5. The highest BCUT2D eigenvalue weighted by molar-refractivity contribution is 6.01. The Labute approximate surface area is 321 Å². The van der Waals surface area contributed by atoms with Gasteiger partial charge in [0.2, 0.25) is 0 Å². The zero-order valence-corrected chi connectivity index (χ0v) is 34.6. The third kappa shape index (κ3) is 9.15. The van der Waals surface area contributed by atoms with Crippen molar-refractivity contribution in [3.8, 4) is 23.0 Å². The second-order valence-corrected chi connectivity index (χ2v) is 16.2. The number of nitrogens with zero attached hydrogens (tertiary/aromatic N) is 1. The van der Waals surface area contributed by atoms with Gasteiger partial charge in [0, 0.05) is 77.3 Å². The molecule has 8 nitrogen and oxygen atoms in total. The van der Waals surface area contributed by atoms with Crippen molar-refractivity contribution in [2.75, 3.05) is 14.1 Å². The van der Waals surface area contributed by atoms with Crippen LogP contribution < -0.4 is 18.9 Å². The van der Waals surface area contributed by atoms with Crippen molar-refractivity contribution in [2.45, 2.75) is 107 Å². The summed E-state index contributed by atoms with van der Waals surface area (Å²) in [4.78, 5) is 41.3. The Morgan fingerprint density at radius 2 is 1.07 bits per heavy atom. The van der Waals surface area contributed by atoms with Crippen molar-refractivity contribution < 1.29 is 33.3 Å². The van der Waals surface area contributed by atoms with E-state index in [1.54, 1.807) is 0 Å². The fourth-order valence-corrected chi connectivity index (χ4v) is 7.52. The summed E-state index contributed by atoms with van der Waals surface area (Å²) in [5, 5.41) is 2.46. The van der Waals surface area contributed by atoms with Gasteiger partial charge in [-0.2, -0.15) is 0 Å². The Kier molecular flexibility index (Phi) is 12.7. The van der Waals surface area contributed by atoms with Crippen LogP contribution in [0.15, 0.2) is 72.0 Å². The summed E-state index contributed by atoms with van der Waals surface area (Å²) in [6.07, 6.45) is 5.01. The summed E-state index contributed by atoms with van der Waals surface area (Å²) in [5.41, 5.74) is 3.78. The molecule has 0 unspecified atom stereocenters. The van der Waals surface area contributed by atoms with Gasteiger partial charge < -0.3 is 23.8 Å². The number of carbonyl (C=O) groups excluding carboxylic acids is 3. The maximum Gasteiger partial charge on any atom is 0.519 e. The minimum atomic E-state index is -0.932. The predicted molar refractivity (Wildman–Crippen MR) is 218 cm³/mol. The van der Waals surface area contributed by atoms with Gasteiger partial charge in [-0.1, -0.05) is 108 Å². The van der Waals surface area contributed by atoms with Crippen molar-refractivity contribution in [1.29, 1.82) is 0 Å². The van der Waals surface area contributed by atoms with E-state index in [0.717, 1.165) is 17.7 Å². The molecule has 0 saturated carbocycles. The van der Waals surface area contributed by atoms with Crippen LogP contribution in [0, 0.1) is 19.8 Å². The fourth-order valence-electron chi connectivity index (χ4n) is 7.52. The summed E-state index contributed by atoms with van der Waals surface area (Å²) in [6.45, 7) is 23.3. The van der Waals surface area contributed by atoms with E-state index in [1.807, 2.05) is 102 Å². The molecule has 0 aliphatic carbocycles. The minimum absolute atomic E-state index is 0.308. The number of benzene rings is 4. The largest absolute Gasteiger partial charge is 0.519 e. The highest BCUT2D eigenvalue weighted by Gasteiger charge is 2.35. The van der Waals surface area contributed by atoms with Gasteiger partial charge in [0.1, 0.15) is 23.0 Å². The van der Waals surface area contributed by atoms with Crippen LogP contribution in [0.2, 0.25) is 0 Å². The third-order valence-corrected chi connectivity index (χ3v) is 9.87. The van der Waals surface area contributed by atoms with Crippen LogP contribution in [-0.4, -0.2) is 37.1 Å². The molecule has 288 valence electrons. The molecule has 0 radical (unpaired) electrons. The van der Waals surface area contributed by atoms with E-state index in [2.05, 4.69) is 46.8 Å². The number of fused-ring (bicyclic) bond motifs is 2. The lowest BCUT2D eigenvalue weighted by atomic mass is 9.76. The van der Waals surface area contributed by atoms with Gasteiger partial charge in [-0.25, -0.2) is 4.79 Å². The lowest BCUT2D eigenvalue weighted by Gasteiger charge is -2.31. The van der Waals surface area contributed by atoms with E-state index in [9.17, 15) is 14.4 Å². The summed E-state index contributed by atoms with van der Waals surface area (Å²) in [7, 11) is 3.93. The molecule has 0 amide bonds. The van der Waals surface area contributed by atoms with Gasteiger partial charge in [0.15, 0.2) is 0 Å². The zero-order chi connectivity index (χ0) is 40.3. The number of carbonyl (C=O) groups is 3. The van der Waals surface area contributed by atoms with Gasteiger partial charge in [-0.05, 0) is 57.4 Å². The normalized spacial score (nSPS) is 12.6. The molecule has 0 aromatic heterocycles. The molecular formula is C46H57NO7. The van der Waals surface area contributed by atoms with E-state index in [1.165, 1.54) is 19.4 Å². The van der Waals surface area contributed by atoms with Crippen molar-refractivity contribution in [1.82, 2.24) is 4.90 Å². The zero-order valence-electron chi connectivity index (χ0n) is 34.6. The number of ether oxygens (including phenoxy) is 4. The van der Waals surface area contributed by atoms with Crippen LogP contribution in [0.4, 0.5) is 4.79 Å². The average molecular weight is 736 g/mol. The van der Waals surface area contributed by atoms with Crippen LogP contribution in [-0.2, 0) is 20.4 Å².